The van der Waals surface area contributed by atoms with Gasteiger partial charge in [0.2, 0.25) is 5.91 Å². The number of nitrogens with one attached hydrogen (secondary N) is 1. The van der Waals surface area contributed by atoms with E-state index in [1.165, 1.54) is 30.4 Å². The van der Waals surface area contributed by atoms with E-state index >= 15 is 0 Å². The van der Waals surface area contributed by atoms with Gasteiger partial charge in [0.25, 0.3) is 0 Å². The Labute approximate surface area is 149 Å². The van der Waals surface area contributed by atoms with Crippen LogP contribution in [-0.2, 0) is 4.79 Å². The standard InChI is InChI=1S/C21H25NOS/c23-20(22-19-14-8-3-9-15-19)16-24-21(17-10-4-1-5-11-17)18-12-6-2-7-13-18/h1-2,4-7,10-13,19,21H,3,8-9,14-16H2,(H,22,23). The number of carbonyl (C=O) groups excluding carboxylic acids is 1. The maximum atomic E-state index is 12.3. The Morgan fingerprint density at radius 3 is 2.00 bits per heavy atom. The van der Waals surface area contributed by atoms with E-state index in [-0.39, 0.29) is 11.2 Å². The van der Waals surface area contributed by atoms with Gasteiger partial charge in [0.05, 0.1) is 11.0 Å². The van der Waals surface area contributed by atoms with Crippen molar-refractivity contribution in [3.8, 4) is 0 Å². The van der Waals surface area contributed by atoms with Crippen molar-refractivity contribution >= 4 is 17.7 Å². The van der Waals surface area contributed by atoms with Crippen molar-refractivity contribution in [3.05, 3.63) is 71.8 Å². The molecule has 24 heavy (non-hydrogen) atoms. The Hall–Kier alpha value is -1.74. The first-order valence-electron chi connectivity index (χ1n) is 8.84. The number of rotatable bonds is 6. The van der Waals surface area contributed by atoms with Gasteiger partial charge in [-0.25, -0.2) is 0 Å². The number of carbonyl (C=O) groups is 1. The Balaban J connectivity index is 1.63. The van der Waals surface area contributed by atoms with Gasteiger partial charge in [-0.3, -0.25) is 4.79 Å². The van der Waals surface area contributed by atoms with Crippen LogP contribution in [0.3, 0.4) is 0 Å². The van der Waals surface area contributed by atoms with Gasteiger partial charge in [0.15, 0.2) is 0 Å². The van der Waals surface area contributed by atoms with Crippen molar-refractivity contribution in [2.24, 2.45) is 0 Å². The molecule has 0 spiro atoms. The summed E-state index contributed by atoms with van der Waals surface area (Å²) in [6.45, 7) is 0. The van der Waals surface area contributed by atoms with Gasteiger partial charge < -0.3 is 5.32 Å². The van der Waals surface area contributed by atoms with Gasteiger partial charge in [-0.2, -0.15) is 0 Å². The van der Waals surface area contributed by atoms with Crippen molar-refractivity contribution in [3.63, 3.8) is 0 Å². The molecule has 2 aromatic rings. The molecule has 1 aliphatic rings. The van der Waals surface area contributed by atoms with Gasteiger partial charge in [-0.15, -0.1) is 11.8 Å². The Kier molecular flexibility index (Phi) is 6.36. The predicted molar refractivity (Wildman–Crippen MR) is 102 cm³/mol. The Morgan fingerprint density at radius 2 is 1.46 bits per heavy atom. The number of benzene rings is 2. The molecule has 3 rings (SSSR count). The van der Waals surface area contributed by atoms with Gasteiger partial charge in [0.1, 0.15) is 0 Å². The zero-order valence-electron chi connectivity index (χ0n) is 14.0. The van der Waals surface area contributed by atoms with Crippen LogP contribution in [-0.4, -0.2) is 17.7 Å². The molecule has 1 saturated carbocycles. The third-order valence-corrected chi connectivity index (χ3v) is 5.86. The summed E-state index contributed by atoms with van der Waals surface area (Å²) >= 11 is 1.71. The van der Waals surface area contributed by atoms with Crippen LogP contribution < -0.4 is 5.32 Å². The lowest BCUT2D eigenvalue weighted by atomic mass is 9.95. The summed E-state index contributed by atoms with van der Waals surface area (Å²) in [5.41, 5.74) is 2.50. The minimum absolute atomic E-state index is 0.170. The summed E-state index contributed by atoms with van der Waals surface area (Å²) in [5.74, 6) is 0.675. The number of hydrogen-bond acceptors (Lipinski definition) is 2. The van der Waals surface area contributed by atoms with Crippen LogP contribution >= 0.6 is 11.8 Å². The van der Waals surface area contributed by atoms with Crippen LogP contribution in [0, 0.1) is 0 Å². The van der Waals surface area contributed by atoms with Crippen LogP contribution in [0.1, 0.15) is 48.5 Å². The molecule has 1 fully saturated rings. The average molecular weight is 340 g/mol. The zero-order chi connectivity index (χ0) is 16.6. The van der Waals surface area contributed by atoms with E-state index in [1.807, 2.05) is 12.1 Å². The van der Waals surface area contributed by atoms with Gasteiger partial charge >= 0.3 is 0 Å². The lowest BCUT2D eigenvalue weighted by molar-refractivity contribution is -0.119. The maximum absolute atomic E-state index is 12.3. The van der Waals surface area contributed by atoms with Crippen molar-refractivity contribution in [1.82, 2.24) is 5.32 Å². The molecule has 0 unspecified atom stereocenters. The quantitative estimate of drug-likeness (QED) is 0.806. The first-order chi connectivity index (χ1) is 11.8. The number of amides is 1. The third-order valence-electron chi connectivity index (χ3n) is 4.56. The molecule has 3 heteroatoms. The van der Waals surface area contributed by atoms with E-state index in [2.05, 4.69) is 53.8 Å². The highest BCUT2D eigenvalue weighted by Crippen LogP contribution is 2.35. The summed E-state index contributed by atoms with van der Waals surface area (Å²) in [5, 5.41) is 3.42. The third kappa shape index (κ3) is 4.88. The van der Waals surface area contributed by atoms with E-state index in [9.17, 15) is 4.79 Å². The first-order valence-corrected chi connectivity index (χ1v) is 9.88. The number of thioether (sulfide) groups is 1. The molecule has 0 bridgehead atoms. The molecule has 0 saturated heterocycles. The summed E-state index contributed by atoms with van der Waals surface area (Å²) in [6, 6.07) is 21.3. The second-order valence-electron chi connectivity index (χ2n) is 6.41. The molecule has 1 aliphatic carbocycles. The lowest BCUT2D eigenvalue weighted by Gasteiger charge is -2.23. The minimum Gasteiger partial charge on any atom is -0.353 e. The van der Waals surface area contributed by atoms with E-state index in [0.29, 0.717) is 11.8 Å². The van der Waals surface area contributed by atoms with E-state index in [4.69, 9.17) is 0 Å². The average Bonchev–Trinajstić information content (AvgIpc) is 2.64. The highest BCUT2D eigenvalue weighted by atomic mass is 32.2. The van der Waals surface area contributed by atoms with E-state index in [0.717, 1.165) is 12.8 Å². The normalized spacial score (nSPS) is 15.4. The second kappa shape index (κ2) is 8.93. The SMILES string of the molecule is O=C(CSC(c1ccccc1)c1ccccc1)NC1CCCCC1. The minimum atomic E-state index is 0.170. The predicted octanol–water partition coefficient (Wildman–Crippen LogP) is 4.96. The topological polar surface area (TPSA) is 29.1 Å². The van der Waals surface area contributed by atoms with Crippen molar-refractivity contribution in [1.29, 1.82) is 0 Å². The fourth-order valence-electron chi connectivity index (χ4n) is 3.32. The molecule has 2 aromatic carbocycles. The van der Waals surface area contributed by atoms with E-state index < -0.39 is 0 Å². The van der Waals surface area contributed by atoms with Gasteiger partial charge in [-0.05, 0) is 24.0 Å². The molecule has 1 amide bonds. The summed E-state index contributed by atoms with van der Waals surface area (Å²) < 4.78 is 0. The molecule has 1 N–H and O–H groups in total. The molecule has 0 atom stereocenters. The molecule has 126 valence electrons. The molecule has 0 aromatic heterocycles. The van der Waals surface area contributed by atoms with Crippen LogP contribution in [0.15, 0.2) is 60.7 Å². The molecule has 0 aliphatic heterocycles. The molecule has 0 radical (unpaired) electrons. The van der Waals surface area contributed by atoms with Crippen molar-refractivity contribution in [2.45, 2.75) is 43.4 Å². The smallest absolute Gasteiger partial charge is 0.230 e. The largest absolute Gasteiger partial charge is 0.353 e. The molecule has 0 heterocycles. The summed E-state index contributed by atoms with van der Waals surface area (Å²) in [6.07, 6.45) is 6.07. The van der Waals surface area contributed by atoms with Gasteiger partial charge in [-0.1, -0.05) is 79.9 Å². The monoisotopic (exact) mass is 339 g/mol. The summed E-state index contributed by atoms with van der Waals surface area (Å²) in [7, 11) is 0. The molecular weight excluding hydrogens is 314 g/mol. The van der Waals surface area contributed by atoms with Crippen molar-refractivity contribution in [2.75, 3.05) is 5.75 Å². The van der Waals surface area contributed by atoms with E-state index in [1.54, 1.807) is 11.8 Å². The highest BCUT2D eigenvalue weighted by molar-refractivity contribution is 8.00. The second-order valence-corrected chi connectivity index (χ2v) is 7.51. The molecule has 2 nitrogen and oxygen atoms in total. The van der Waals surface area contributed by atoms with Gasteiger partial charge in [0, 0.05) is 6.04 Å². The zero-order valence-corrected chi connectivity index (χ0v) is 14.8. The first kappa shape index (κ1) is 17.1. The van der Waals surface area contributed by atoms with Crippen molar-refractivity contribution < 1.29 is 4.79 Å². The maximum Gasteiger partial charge on any atom is 0.230 e. The number of hydrogen-bond donors (Lipinski definition) is 1. The van der Waals surface area contributed by atoms with Crippen LogP contribution in [0.5, 0.6) is 0 Å². The lowest BCUT2D eigenvalue weighted by Crippen LogP contribution is -2.37. The molecular formula is C21H25NOS. The highest BCUT2D eigenvalue weighted by Gasteiger charge is 2.19. The Bertz CT molecular complexity index is 583. The van der Waals surface area contributed by atoms with Crippen LogP contribution in [0.4, 0.5) is 0 Å². The Morgan fingerprint density at radius 1 is 0.917 bits per heavy atom. The fraction of sp³-hybridized carbons (Fsp3) is 0.381. The summed E-state index contributed by atoms with van der Waals surface area (Å²) in [4.78, 5) is 12.3. The van der Waals surface area contributed by atoms with Crippen LogP contribution in [0.2, 0.25) is 0 Å². The fourth-order valence-corrected chi connectivity index (χ4v) is 4.42. The van der Waals surface area contributed by atoms with Crippen LogP contribution in [0.25, 0.3) is 0 Å².